The van der Waals surface area contributed by atoms with Gasteiger partial charge in [-0.2, -0.15) is 5.10 Å². The molecule has 2 N–H and O–H groups in total. The van der Waals surface area contributed by atoms with Crippen LogP contribution in [0.4, 0.5) is 11.5 Å². The number of aromatic amines is 1. The summed E-state index contributed by atoms with van der Waals surface area (Å²) in [6.45, 7) is 0.327. The predicted octanol–water partition coefficient (Wildman–Crippen LogP) is 3.32. The van der Waals surface area contributed by atoms with Gasteiger partial charge in [0.1, 0.15) is 0 Å². The van der Waals surface area contributed by atoms with E-state index in [-0.39, 0.29) is 18.2 Å². The largest absolute Gasteiger partial charge is 0.326 e. The third-order valence-electron chi connectivity index (χ3n) is 4.29. The molecule has 0 saturated carbocycles. The minimum Gasteiger partial charge on any atom is -0.326 e. The number of carbonyl (C=O) groups is 2. The molecule has 4 rings (SSSR count). The van der Waals surface area contributed by atoms with Gasteiger partial charge >= 0.3 is 0 Å². The van der Waals surface area contributed by atoms with Crippen LogP contribution in [-0.2, 0) is 9.59 Å². The fourth-order valence-electron chi connectivity index (χ4n) is 3.05. The number of rotatable bonds is 3. The lowest BCUT2D eigenvalue weighted by Gasteiger charge is -2.14. The summed E-state index contributed by atoms with van der Waals surface area (Å²) >= 11 is 3.38. The minimum atomic E-state index is -0.401. The number of fused-ring (bicyclic) bond motifs is 1. The Morgan fingerprint density at radius 1 is 1.24 bits per heavy atom. The molecule has 1 aliphatic rings. The molecule has 3 aromatic rings. The second-order valence-corrected chi connectivity index (χ2v) is 6.91. The number of hydrogen-bond donors (Lipinski definition) is 2. The Hall–Kier alpha value is -2.67. The van der Waals surface area contributed by atoms with Gasteiger partial charge in [0, 0.05) is 28.5 Å². The minimum absolute atomic E-state index is 0.0911. The normalized spacial score (nSPS) is 17.2. The molecule has 1 atom stereocenters. The zero-order chi connectivity index (χ0) is 17.4. The van der Waals surface area contributed by atoms with Crippen LogP contribution in [-0.4, -0.2) is 28.6 Å². The Kier molecular flexibility index (Phi) is 4.01. The number of nitrogens with zero attached hydrogens (tertiary/aromatic N) is 2. The molecule has 6 nitrogen and oxygen atoms in total. The number of amides is 2. The molecule has 1 fully saturated rings. The van der Waals surface area contributed by atoms with Crippen molar-refractivity contribution in [3.8, 4) is 0 Å². The zero-order valence-corrected chi connectivity index (χ0v) is 14.8. The first-order valence-electron chi connectivity index (χ1n) is 7.92. The molecule has 0 radical (unpaired) electrons. The molecule has 0 unspecified atom stereocenters. The van der Waals surface area contributed by atoms with Crippen LogP contribution in [0.25, 0.3) is 10.9 Å². The Balaban J connectivity index is 1.53. The molecule has 0 aliphatic carbocycles. The molecule has 0 bridgehead atoms. The van der Waals surface area contributed by atoms with Crippen molar-refractivity contribution in [3.05, 3.63) is 53.0 Å². The number of H-pyrrole nitrogens is 1. The molecule has 1 aliphatic heterocycles. The average Bonchev–Trinajstić information content (AvgIpc) is 3.18. The Morgan fingerprint density at radius 2 is 2.08 bits per heavy atom. The van der Waals surface area contributed by atoms with Crippen LogP contribution in [0.1, 0.15) is 6.42 Å². The van der Waals surface area contributed by atoms with Crippen molar-refractivity contribution in [1.29, 1.82) is 0 Å². The number of anilines is 2. The molecule has 0 spiro atoms. The predicted molar refractivity (Wildman–Crippen MR) is 99.3 cm³/mol. The Bertz CT molecular complexity index is 968. The van der Waals surface area contributed by atoms with Crippen molar-refractivity contribution in [3.63, 3.8) is 0 Å². The summed E-state index contributed by atoms with van der Waals surface area (Å²) in [5, 5.41) is 10.9. The van der Waals surface area contributed by atoms with E-state index in [0.29, 0.717) is 18.1 Å². The molecule has 1 aromatic heterocycles. The monoisotopic (exact) mass is 398 g/mol. The van der Waals surface area contributed by atoms with Crippen molar-refractivity contribution in [2.75, 3.05) is 16.8 Å². The van der Waals surface area contributed by atoms with E-state index in [4.69, 9.17) is 0 Å². The van der Waals surface area contributed by atoms with E-state index in [1.807, 2.05) is 48.5 Å². The molecule has 25 heavy (non-hydrogen) atoms. The Morgan fingerprint density at radius 3 is 2.92 bits per heavy atom. The van der Waals surface area contributed by atoms with Crippen LogP contribution in [0.15, 0.2) is 53.0 Å². The molecule has 1 saturated heterocycles. The highest BCUT2D eigenvalue weighted by Gasteiger charge is 2.36. The van der Waals surface area contributed by atoms with Gasteiger partial charge in [0.25, 0.3) is 0 Å². The molecule has 2 heterocycles. The third kappa shape index (κ3) is 3.02. The third-order valence-corrected chi connectivity index (χ3v) is 4.79. The summed E-state index contributed by atoms with van der Waals surface area (Å²) in [6, 6.07) is 15.0. The fraction of sp³-hybridized carbons (Fsp3) is 0.167. The molecular formula is C18H15BrN4O2. The van der Waals surface area contributed by atoms with Gasteiger partial charge in [-0.15, -0.1) is 0 Å². The van der Waals surface area contributed by atoms with Crippen LogP contribution < -0.4 is 10.2 Å². The van der Waals surface area contributed by atoms with Crippen molar-refractivity contribution < 1.29 is 9.59 Å². The number of halogens is 1. The van der Waals surface area contributed by atoms with E-state index in [1.165, 1.54) is 0 Å². The number of hydrogen-bond acceptors (Lipinski definition) is 3. The van der Waals surface area contributed by atoms with Gasteiger partial charge in [0.05, 0.1) is 11.4 Å². The summed E-state index contributed by atoms with van der Waals surface area (Å²) in [6.07, 6.45) is 0.182. The van der Waals surface area contributed by atoms with Gasteiger partial charge in [-0.25, -0.2) is 0 Å². The quantitative estimate of drug-likeness (QED) is 0.710. The first kappa shape index (κ1) is 15.8. The van der Waals surface area contributed by atoms with Crippen LogP contribution in [0.3, 0.4) is 0 Å². The van der Waals surface area contributed by atoms with E-state index in [2.05, 4.69) is 31.4 Å². The standard InChI is InChI=1S/C18H15BrN4O2/c19-12-4-3-5-13(9-12)20-18(25)11-8-16(24)23(10-11)17-14-6-1-2-7-15(14)21-22-17/h1-7,9,11H,8,10H2,(H,20,25)(H,21,22)/t11-/m0/s1. The maximum Gasteiger partial charge on any atom is 0.229 e. The first-order valence-corrected chi connectivity index (χ1v) is 8.71. The number of aromatic nitrogens is 2. The van der Waals surface area contributed by atoms with Crippen LogP contribution in [0.5, 0.6) is 0 Å². The lowest BCUT2D eigenvalue weighted by Crippen LogP contribution is -2.28. The number of carbonyl (C=O) groups excluding carboxylic acids is 2. The fourth-order valence-corrected chi connectivity index (χ4v) is 3.45. The molecule has 2 amide bonds. The summed E-state index contributed by atoms with van der Waals surface area (Å²) < 4.78 is 0.886. The van der Waals surface area contributed by atoms with Crippen molar-refractivity contribution in [2.45, 2.75) is 6.42 Å². The van der Waals surface area contributed by atoms with Crippen LogP contribution >= 0.6 is 15.9 Å². The molecule has 2 aromatic carbocycles. The second kappa shape index (κ2) is 6.33. The van der Waals surface area contributed by atoms with Gasteiger partial charge in [-0.05, 0) is 30.3 Å². The SMILES string of the molecule is O=C(Nc1cccc(Br)c1)[C@H]1CC(=O)N(c2n[nH]c3ccccc23)C1. The van der Waals surface area contributed by atoms with Crippen molar-refractivity contribution >= 4 is 50.2 Å². The van der Waals surface area contributed by atoms with Crippen molar-refractivity contribution in [1.82, 2.24) is 10.2 Å². The number of benzene rings is 2. The van der Waals surface area contributed by atoms with Gasteiger partial charge in [0.2, 0.25) is 11.8 Å². The number of para-hydroxylation sites is 1. The highest BCUT2D eigenvalue weighted by Crippen LogP contribution is 2.30. The van der Waals surface area contributed by atoms with Crippen LogP contribution in [0, 0.1) is 5.92 Å². The highest BCUT2D eigenvalue weighted by molar-refractivity contribution is 9.10. The zero-order valence-electron chi connectivity index (χ0n) is 13.2. The molecule has 7 heteroatoms. The lowest BCUT2D eigenvalue weighted by atomic mass is 10.1. The maximum absolute atomic E-state index is 12.5. The average molecular weight is 399 g/mol. The summed E-state index contributed by atoms with van der Waals surface area (Å²) in [5.41, 5.74) is 1.57. The van der Waals surface area contributed by atoms with Gasteiger partial charge < -0.3 is 5.32 Å². The molecule has 126 valence electrons. The van der Waals surface area contributed by atoms with E-state index >= 15 is 0 Å². The van der Waals surface area contributed by atoms with E-state index in [0.717, 1.165) is 15.4 Å². The van der Waals surface area contributed by atoms with Gasteiger partial charge in [-0.3, -0.25) is 19.6 Å². The Labute approximate surface area is 152 Å². The van der Waals surface area contributed by atoms with E-state index in [9.17, 15) is 9.59 Å². The smallest absolute Gasteiger partial charge is 0.229 e. The first-order chi connectivity index (χ1) is 12.1. The summed E-state index contributed by atoms with van der Waals surface area (Å²) in [4.78, 5) is 26.5. The van der Waals surface area contributed by atoms with Crippen LogP contribution in [0.2, 0.25) is 0 Å². The second-order valence-electron chi connectivity index (χ2n) is 6.00. The van der Waals surface area contributed by atoms with Gasteiger partial charge in [0.15, 0.2) is 5.82 Å². The highest BCUT2D eigenvalue weighted by atomic mass is 79.9. The van der Waals surface area contributed by atoms with E-state index < -0.39 is 5.92 Å². The summed E-state index contributed by atoms with van der Waals surface area (Å²) in [5.74, 6) is -0.0688. The van der Waals surface area contributed by atoms with Crippen molar-refractivity contribution in [2.24, 2.45) is 5.92 Å². The lowest BCUT2D eigenvalue weighted by molar-refractivity contribution is -0.122. The van der Waals surface area contributed by atoms with E-state index in [1.54, 1.807) is 4.90 Å². The van der Waals surface area contributed by atoms with Gasteiger partial charge in [-0.1, -0.05) is 34.1 Å². The molecular weight excluding hydrogens is 384 g/mol. The number of nitrogens with one attached hydrogen (secondary N) is 2. The topological polar surface area (TPSA) is 78.1 Å². The maximum atomic E-state index is 12.5. The summed E-state index contributed by atoms with van der Waals surface area (Å²) in [7, 11) is 0.